The number of hydrogen-bond acceptors (Lipinski definition) is 5. The fourth-order valence-electron chi connectivity index (χ4n) is 1.69. The maximum absolute atomic E-state index is 13.3. The number of rotatable bonds is 3. The third kappa shape index (κ3) is 1.76. The molecule has 1 aliphatic heterocycles. The van der Waals surface area contributed by atoms with Crippen LogP contribution in [0.3, 0.4) is 0 Å². The Hall–Kier alpha value is -1.54. The minimum absolute atomic E-state index is 0.0254. The van der Waals surface area contributed by atoms with E-state index in [1.165, 1.54) is 12.4 Å². The maximum Gasteiger partial charge on any atom is 0.436 e. The van der Waals surface area contributed by atoms with Crippen LogP contribution >= 0.6 is 0 Å². The number of aliphatic hydroxyl groups excluding tert-OH is 1. The molecule has 0 bridgehead atoms. The van der Waals surface area contributed by atoms with Gasteiger partial charge in [-0.1, -0.05) is 4.98 Å². The number of imidazole rings is 1. The smallest absolute Gasteiger partial charge is 0.394 e. The van der Waals surface area contributed by atoms with E-state index in [4.69, 9.17) is 9.84 Å². The fraction of sp³-hybridized carbons (Fsp3) is 0.625. The molecule has 2 heterocycles. The Labute approximate surface area is 89.6 Å². The highest BCUT2D eigenvalue weighted by Gasteiger charge is 2.39. The molecule has 0 aromatic carbocycles. The molecule has 1 aromatic rings. The largest absolute Gasteiger partial charge is 0.436 e. The van der Waals surface area contributed by atoms with E-state index in [9.17, 15) is 14.5 Å². The Morgan fingerprint density at radius 2 is 2.56 bits per heavy atom. The Morgan fingerprint density at radius 1 is 1.81 bits per heavy atom. The molecule has 2 rings (SSSR count). The number of nitro groups is 1. The van der Waals surface area contributed by atoms with Crippen molar-refractivity contribution in [2.75, 3.05) is 6.61 Å². The van der Waals surface area contributed by atoms with Gasteiger partial charge in [-0.05, 0) is 4.92 Å². The molecular weight excluding hydrogens is 221 g/mol. The summed E-state index contributed by atoms with van der Waals surface area (Å²) in [5.74, 6) is -0.393. The molecule has 1 saturated heterocycles. The first-order valence-electron chi connectivity index (χ1n) is 4.71. The Morgan fingerprint density at radius 3 is 3.12 bits per heavy atom. The molecule has 3 atom stereocenters. The van der Waals surface area contributed by atoms with Gasteiger partial charge in [0.05, 0.1) is 6.61 Å². The monoisotopic (exact) mass is 231 g/mol. The maximum atomic E-state index is 13.3. The number of aliphatic hydroxyl groups is 1. The molecule has 0 spiro atoms. The van der Waals surface area contributed by atoms with Crippen molar-refractivity contribution in [3.63, 3.8) is 0 Å². The van der Waals surface area contributed by atoms with E-state index in [0.29, 0.717) is 0 Å². The second kappa shape index (κ2) is 4.14. The van der Waals surface area contributed by atoms with Gasteiger partial charge < -0.3 is 20.0 Å². The Kier molecular flexibility index (Phi) is 2.84. The number of aromatic nitrogens is 2. The minimum Gasteiger partial charge on any atom is -0.394 e. The number of alkyl halides is 1. The summed E-state index contributed by atoms with van der Waals surface area (Å²) in [6.45, 7) is -0.444. The molecule has 0 amide bonds. The molecule has 7 nitrogen and oxygen atoms in total. The van der Waals surface area contributed by atoms with E-state index in [1.807, 2.05) is 0 Å². The van der Waals surface area contributed by atoms with Crippen LogP contribution in [-0.2, 0) is 4.74 Å². The lowest BCUT2D eigenvalue weighted by Gasteiger charge is -2.10. The summed E-state index contributed by atoms with van der Waals surface area (Å²) >= 11 is 0. The molecule has 0 saturated carbocycles. The lowest BCUT2D eigenvalue weighted by Crippen LogP contribution is -2.21. The predicted molar refractivity (Wildman–Crippen MR) is 49.4 cm³/mol. The SMILES string of the molecule is O=[N+]([O-])c1nccn1C1C[C@@H](F)[C@@H](CO)O1. The second-order valence-electron chi connectivity index (χ2n) is 3.46. The van der Waals surface area contributed by atoms with Gasteiger partial charge >= 0.3 is 5.95 Å². The number of nitrogens with zero attached hydrogens (tertiary/aromatic N) is 3. The molecule has 88 valence electrons. The molecule has 0 aliphatic carbocycles. The molecule has 1 aromatic heterocycles. The van der Waals surface area contributed by atoms with Crippen molar-refractivity contribution in [1.29, 1.82) is 0 Å². The van der Waals surface area contributed by atoms with Crippen LogP contribution < -0.4 is 0 Å². The van der Waals surface area contributed by atoms with Crippen LogP contribution in [-0.4, -0.2) is 38.5 Å². The summed E-state index contributed by atoms with van der Waals surface area (Å²) in [4.78, 5) is 13.5. The first-order chi connectivity index (χ1) is 7.63. The van der Waals surface area contributed by atoms with Gasteiger partial charge in [0.15, 0.2) is 6.23 Å². The zero-order valence-electron chi connectivity index (χ0n) is 8.19. The molecule has 8 heteroatoms. The van der Waals surface area contributed by atoms with E-state index in [1.54, 1.807) is 0 Å². The van der Waals surface area contributed by atoms with Gasteiger partial charge in [0.2, 0.25) is 0 Å². The van der Waals surface area contributed by atoms with Gasteiger partial charge in [-0.2, -0.15) is 0 Å². The van der Waals surface area contributed by atoms with Crippen LogP contribution in [0, 0.1) is 10.1 Å². The topological polar surface area (TPSA) is 90.4 Å². The van der Waals surface area contributed by atoms with Gasteiger partial charge in [0.1, 0.15) is 24.7 Å². The Balaban J connectivity index is 2.20. The number of halogens is 1. The summed E-state index contributed by atoms with van der Waals surface area (Å²) < 4.78 is 19.6. The van der Waals surface area contributed by atoms with Crippen LogP contribution in [0.4, 0.5) is 10.3 Å². The average molecular weight is 231 g/mol. The van der Waals surface area contributed by atoms with E-state index in [0.717, 1.165) is 4.57 Å². The van der Waals surface area contributed by atoms with Crippen molar-refractivity contribution in [2.45, 2.75) is 24.9 Å². The highest BCUT2D eigenvalue weighted by molar-refractivity contribution is 5.08. The van der Waals surface area contributed by atoms with Gasteiger partial charge in [-0.25, -0.2) is 8.96 Å². The van der Waals surface area contributed by atoms with Gasteiger partial charge in [-0.15, -0.1) is 0 Å². The van der Waals surface area contributed by atoms with Crippen LogP contribution in [0.15, 0.2) is 12.4 Å². The predicted octanol–water partition coefficient (Wildman–Crippen LogP) is 0.409. The minimum atomic E-state index is -1.32. The quantitative estimate of drug-likeness (QED) is 0.601. The van der Waals surface area contributed by atoms with Gasteiger partial charge in [0.25, 0.3) is 0 Å². The first-order valence-corrected chi connectivity index (χ1v) is 4.71. The number of ether oxygens (including phenoxy) is 1. The van der Waals surface area contributed by atoms with E-state index in [2.05, 4.69) is 4.98 Å². The summed E-state index contributed by atoms with van der Waals surface area (Å²) in [5, 5.41) is 19.4. The molecule has 1 aliphatic rings. The summed E-state index contributed by atoms with van der Waals surface area (Å²) in [5.41, 5.74) is 0. The average Bonchev–Trinajstić information content (AvgIpc) is 2.82. The number of hydrogen-bond donors (Lipinski definition) is 1. The highest BCUT2D eigenvalue weighted by atomic mass is 19.1. The first kappa shape index (κ1) is 11.0. The van der Waals surface area contributed by atoms with E-state index >= 15 is 0 Å². The van der Waals surface area contributed by atoms with E-state index in [-0.39, 0.29) is 6.42 Å². The van der Waals surface area contributed by atoms with E-state index < -0.39 is 36.0 Å². The van der Waals surface area contributed by atoms with Crippen LogP contribution in [0.2, 0.25) is 0 Å². The normalized spacial score (nSPS) is 29.5. The van der Waals surface area contributed by atoms with Crippen molar-refractivity contribution in [2.24, 2.45) is 0 Å². The molecule has 16 heavy (non-hydrogen) atoms. The van der Waals surface area contributed by atoms with Gasteiger partial charge in [-0.3, -0.25) is 0 Å². The molecule has 0 radical (unpaired) electrons. The van der Waals surface area contributed by atoms with Crippen molar-refractivity contribution in [3.05, 3.63) is 22.5 Å². The summed E-state index contributed by atoms with van der Waals surface area (Å²) in [6, 6.07) is 0. The van der Waals surface area contributed by atoms with Crippen molar-refractivity contribution in [1.82, 2.24) is 9.55 Å². The van der Waals surface area contributed by atoms with Crippen LogP contribution in [0.5, 0.6) is 0 Å². The molecular formula is C8H10FN3O4. The molecule has 1 unspecified atom stereocenters. The highest BCUT2D eigenvalue weighted by Crippen LogP contribution is 2.32. The van der Waals surface area contributed by atoms with Crippen LogP contribution in [0.1, 0.15) is 12.6 Å². The third-order valence-electron chi connectivity index (χ3n) is 2.46. The zero-order chi connectivity index (χ0) is 11.7. The van der Waals surface area contributed by atoms with Crippen molar-refractivity contribution < 1.29 is 19.2 Å². The third-order valence-corrected chi connectivity index (χ3v) is 2.46. The zero-order valence-corrected chi connectivity index (χ0v) is 8.19. The lowest BCUT2D eigenvalue weighted by atomic mass is 10.2. The van der Waals surface area contributed by atoms with Gasteiger partial charge in [0, 0.05) is 6.42 Å². The molecule has 1 fully saturated rings. The fourth-order valence-corrected chi connectivity index (χ4v) is 1.69. The Bertz CT molecular complexity index is 396. The molecule has 1 N–H and O–H groups in total. The second-order valence-corrected chi connectivity index (χ2v) is 3.46. The van der Waals surface area contributed by atoms with Crippen molar-refractivity contribution in [3.8, 4) is 0 Å². The summed E-state index contributed by atoms with van der Waals surface area (Å²) in [7, 11) is 0. The lowest BCUT2D eigenvalue weighted by molar-refractivity contribution is -0.398. The summed E-state index contributed by atoms with van der Waals surface area (Å²) in [6.07, 6.45) is -0.447. The standard InChI is InChI=1S/C8H10FN3O4/c9-5-3-7(16-6(5)4-13)11-2-1-10-8(11)12(14)15/h1-2,5-7,13H,3-4H2/t5-,6-,7?/m1/s1. The van der Waals surface area contributed by atoms with Crippen LogP contribution in [0.25, 0.3) is 0 Å². The van der Waals surface area contributed by atoms with Crippen molar-refractivity contribution >= 4 is 5.95 Å².